The molecule has 0 saturated heterocycles. The van der Waals surface area contributed by atoms with Crippen LogP contribution in [0.5, 0.6) is 0 Å². The first-order valence-electron chi connectivity index (χ1n) is 11.3. The number of amides is 2. The largest absolute Gasteiger partial charge is 0.350 e. The van der Waals surface area contributed by atoms with Gasteiger partial charge >= 0.3 is 0 Å². The van der Waals surface area contributed by atoms with Crippen LogP contribution in [0.2, 0.25) is 0 Å². The van der Waals surface area contributed by atoms with Gasteiger partial charge in [-0.05, 0) is 18.6 Å². The zero-order chi connectivity index (χ0) is 23.2. The van der Waals surface area contributed by atoms with Crippen LogP contribution in [0.3, 0.4) is 0 Å². The van der Waals surface area contributed by atoms with Gasteiger partial charge in [-0.1, -0.05) is 36.4 Å². The van der Waals surface area contributed by atoms with Gasteiger partial charge in [0.25, 0.3) is 11.8 Å². The van der Waals surface area contributed by atoms with Crippen molar-refractivity contribution >= 4 is 44.8 Å². The molecule has 168 valence electrons. The van der Waals surface area contributed by atoms with Crippen LogP contribution < -0.4 is 5.32 Å². The Morgan fingerprint density at radius 2 is 1.47 bits per heavy atom. The average Bonchev–Trinajstić information content (AvgIpc) is 3.61. The highest BCUT2D eigenvalue weighted by atomic mass is 16.2. The normalized spacial score (nSPS) is 14.0. The lowest BCUT2D eigenvalue weighted by atomic mass is 9.95. The van der Waals surface area contributed by atoms with E-state index < -0.39 is 0 Å². The van der Waals surface area contributed by atoms with Crippen LogP contribution in [0, 0.1) is 0 Å². The molecule has 2 aromatic carbocycles. The zero-order valence-electron chi connectivity index (χ0n) is 18.7. The van der Waals surface area contributed by atoms with E-state index >= 15 is 0 Å². The van der Waals surface area contributed by atoms with Crippen LogP contribution >= 0.6 is 0 Å². The Labute approximate surface area is 195 Å². The number of nitrogens with zero attached hydrogens (tertiary/aromatic N) is 4. The van der Waals surface area contributed by atoms with Gasteiger partial charge in [-0.3, -0.25) is 14.9 Å². The minimum atomic E-state index is -0.353. The van der Waals surface area contributed by atoms with Gasteiger partial charge in [0.15, 0.2) is 0 Å². The lowest BCUT2D eigenvalue weighted by Gasteiger charge is -2.06. The van der Waals surface area contributed by atoms with Crippen LogP contribution in [-0.2, 0) is 29.7 Å². The van der Waals surface area contributed by atoms with Gasteiger partial charge in [0, 0.05) is 77.9 Å². The third kappa shape index (κ3) is 3.16. The number of hydrogen-bond donors (Lipinski definition) is 1. The first kappa shape index (κ1) is 20.2. The van der Waals surface area contributed by atoms with E-state index in [1.165, 1.54) is 0 Å². The molecule has 0 saturated carbocycles. The van der Waals surface area contributed by atoms with Crippen LogP contribution in [0.4, 0.5) is 0 Å². The number of carbonyl (C=O) groups excluding carboxylic acids is 2. The maximum atomic E-state index is 13.1. The van der Waals surface area contributed by atoms with Gasteiger partial charge < -0.3 is 13.7 Å². The number of benzene rings is 2. The van der Waals surface area contributed by atoms with E-state index in [0.717, 1.165) is 52.4 Å². The van der Waals surface area contributed by atoms with Crippen molar-refractivity contribution < 1.29 is 9.59 Å². The van der Waals surface area contributed by atoms with Crippen molar-refractivity contribution in [3.63, 3.8) is 0 Å². The zero-order valence-corrected chi connectivity index (χ0v) is 18.7. The molecule has 1 aliphatic heterocycles. The summed E-state index contributed by atoms with van der Waals surface area (Å²) in [4.78, 5) is 30.3. The van der Waals surface area contributed by atoms with E-state index in [1.54, 1.807) is 6.20 Å². The van der Waals surface area contributed by atoms with E-state index in [2.05, 4.69) is 25.5 Å². The van der Waals surface area contributed by atoms with E-state index in [1.807, 2.05) is 79.0 Å². The van der Waals surface area contributed by atoms with Crippen LogP contribution in [0.15, 0.2) is 79.6 Å². The Kier molecular flexibility index (Phi) is 4.69. The SMILES string of the molecule is Cn1cc(C2=C(c3cn(CCCn4ccnc4)c4ccccc34)C(=O)NC2=O)c2ccccc21. The topological polar surface area (TPSA) is 73.8 Å². The maximum Gasteiger partial charge on any atom is 0.259 e. The number of imidazole rings is 1. The molecule has 2 amide bonds. The number of fused-ring (bicyclic) bond motifs is 2. The molecular formula is C27H23N5O2. The Bertz CT molecular complexity index is 1600. The molecule has 0 radical (unpaired) electrons. The number of carbonyl (C=O) groups is 2. The average molecular weight is 450 g/mol. The monoisotopic (exact) mass is 449 g/mol. The van der Waals surface area contributed by atoms with Gasteiger partial charge in [-0.25, -0.2) is 4.98 Å². The lowest BCUT2D eigenvalue weighted by Crippen LogP contribution is -2.22. The van der Waals surface area contributed by atoms with Crippen LogP contribution in [0.1, 0.15) is 17.5 Å². The number of aromatic nitrogens is 4. The van der Waals surface area contributed by atoms with E-state index in [4.69, 9.17) is 0 Å². The molecule has 5 aromatic rings. The van der Waals surface area contributed by atoms with E-state index in [0.29, 0.717) is 11.1 Å². The molecule has 0 aliphatic carbocycles. The first-order valence-corrected chi connectivity index (χ1v) is 11.3. The summed E-state index contributed by atoms with van der Waals surface area (Å²) < 4.78 is 6.22. The first-order chi connectivity index (χ1) is 16.6. The Morgan fingerprint density at radius 1 is 0.824 bits per heavy atom. The molecule has 0 fully saturated rings. The Balaban J connectivity index is 1.50. The third-order valence-corrected chi connectivity index (χ3v) is 6.53. The lowest BCUT2D eigenvalue weighted by molar-refractivity contribution is -0.122. The van der Waals surface area contributed by atoms with Gasteiger partial charge in [0.05, 0.1) is 17.5 Å². The summed E-state index contributed by atoms with van der Waals surface area (Å²) in [7, 11) is 1.95. The van der Waals surface area contributed by atoms with Crippen molar-refractivity contribution in [1.29, 1.82) is 0 Å². The summed E-state index contributed by atoms with van der Waals surface area (Å²) in [6.45, 7) is 1.63. The molecule has 0 spiro atoms. The molecule has 34 heavy (non-hydrogen) atoms. The van der Waals surface area contributed by atoms with Crippen LogP contribution in [-0.4, -0.2) is 30.5 Å². The fraction of sp³-hybridized carbons (Fsp3) is 0.148. The second-order valence-electron chi connectivity index (χ2n) is 8.61. The highest BCUT2D eigenvalue weighted by molar-refractivity contribution is 6.50. The fourth-order valence-corrected chi connectivity index (χ4v) is 4.98. The highest BCUT2D eigenvalue weighted by Gasteiger charge is 2.35. The molecule has 1 N–H and O–H groups in total. The molecular weight excluding hydrogens is 426 g/mol. The molecule has 7 heteroatoms. The number of aryl methyl sites for hydroxylation is 3. The van der Waals surface area contributed by atoms with E-state index in [9.17, 15) is 9.59 Å². The summed E-state index contributed by atoms with van der Waals surface area (Å²) in [6, 6.07) is 16.0. The minimum Gasteiger partial charge on any atom is -0.350 e. The van der Waals surface area contributed by atoms with Gasteiger partial charge in [0.2, 0.25) is 0 Å². The van der Waals surface area contributed by atoms with Crippen molar-refractivity contribution in [2.45, 2.75) is 19.5 Å². The van der Waals surface area contributed by atoms with Crippen molar-refractivity contribution in [3.8, 4) is 0 Å². The second kappa shape index (κ2) is 7.88. The van der Waals surface area contributed by atoms with Gasteiger partial charge in [0.1, 0.15) is 0 Å². The summed E-state index contributed by atoms with van der Waals surface area (Å²) >= 11 is 0. The number of nitrogens with one attached hydrogen (secondary N) is 1. The third-order valence-electron chi connectivity index (χ3n) is 6.53. The summed E-state index contributed by atoms with van der Waals surface area (Å²) in [5.74, 6) is -0.706. The molecule has 0 atom stereocenters. The summed E-state index contributed by atoms with van der Waals surface area (Å²) in [6.07, 6.45) is 10.4. The van der Waals surface area contributed by atoms with Crippen molar-refractivity contribution in [3.05, 3.63) is 90.8 Å². The molecule has 7 nitrogen and oxygen atoms in total. The molecule has 0 unspecified atom stereocenters. The van der Waals surface area contributed by atoms with Crippen molar-refractivity contribution in [1.82, 2.24) is 24.0 Å². The Hall–Kier alpha value is -4.39. The van der Waals surface area contributed by atoms with Crippen molar-refractivity contribution in [2.24, 2.45) is 7.05 Å². The quantitative estimate of drug-likeness (QED) is 0.399. The standard InChI is InChI=1S/C27H23N5O2/c1-30-15-20(18-7-2-4-9-22(18)30)24-25(27(34)29-26(24)33)21-16-32(23-10-5-3-8-19(21)23)13-6-12-31-14-11-28-17-31/h2-5,7-11,14-17H,6,12-13H2,1H3,(H,29,33,34). The molecule has 3 aromatic heterocycles. The molecule has 1 aliphatic rings. The predicted molar refractivity (Wildman–Crippen MR) is 132 cm³/mol. The highest BCUT2D eigenvalue weighted by Crippen LogP contribution is 2.38. The number of para-hydroxylation sites is 2. The maximum absolute atomic E-state index is 13.1. The Morgan fingerprint density at radius 3 is 2.18 bits per heavy atom. The second-order valence-corrected chi connectivity index (χ2v) is 8.61. The van der Waals surface area contributed by atoms with Crippen LogP contribution in [0.25, 0.3) is 33.0 Å². The minimum absolute atomic E-state index is 0.353. The number of rotatable bonds is 6. The summed E-state index contributed by atoms with van der Waals surface area (Å²) in [5, 5.41) is 4.45. The predicted octanol–water partition coefficient (Wildman–Crippen LogP) is 3.99. The molecule has 0 bridgehead atoms. The fourth-order valence-electron chi connectivity index (χ4n) is 4.98. The number of hydrogen-bond acceptors (Lipinski definition) is 3. The van der Waals surface area contributed by atoms with Gasteiger partial charge in [-0.2, -0.15) is 0 Å². The smallest absolute Gasteiger partial charge is 0.259 e. The molecule has 4 heterocycles. The number of imide groups is 1. The van der Waals surface area contributed by atoms with Crippen molar-refractivity contribution in [2.75, 3.05) is 0 Å². The molecule has 6 rings (SSSR count). The van der Waals surface area contributed by atoms with Gasteiger partial charge in [-0.15, -0.1) is 0 Å². The summed E-state index contributed by atoms with van der Waals surface area (Å²) in [5.41, 5.74) is 4.48. The van der Waals surface area contributed by atoms with E-state index in [-0.39, 0.29) is 11.8 Å².